The third-order valence-electron chi connectivity index (χ3n) is 1.58. The minimum atomic E-state index is -0.579. The maximum absolute atomic E-state index is 10.5. The number of hydrogen-bond acceptors (Lipinski definition) is 4. The summed E-state index contributed by atoms with van der Waals surface area (Å²) in [5, 5.41) is 10.5. The van der Waals surface area contributed by atoms with Crippen molar-refractivity contribution < 1.29 is 9.66 Å². The topological polar surface area (TPSA) is 78.4 Å². The van der Waals surface area contributed by atoms with Crippen molar-refractivity contribution in [2.24, 2.45) is 0 Å². The Morgan fingerprint density at radius 1 is 1.64 bits per heavy atom. The number of nitrogens with two attached hydrogens (primary N) is 1. The molecule has 0 saturated carbocycles. The average Bonchev–Trinajstić information content (AvgIpc) is 2.09. The van der Waals surface area contributed by atoms with Crippen LogP contribution in [0, 0.1) is 10.1 Å². The lowest BCUT2D eigenvalue weighted by atomic mass is 10.2. The van der Waals surface area contributed by atoms with Crippen molar-refractivity contribution in [3.8, 4) is 5.75 Å². The maximum atomic E-state index is 10.5. The van der Waals surface area contributed by atoms with Gasteiger partial charge >= 0.3 is 0 Å². The molecule has 1 rings (SSSR count). The Hall–Kier alpha value is -1.49. The van der Waals surface area contributed by atoms with Gasteiger partial charge < -0.3 is 10.5 Å². The van der Waals surface area contributed by atoms with Crippen LogP contribution in [0.3, 0.4) is 0 Å². The molecule has 0 atom stereocenters. The zero-order valence-electron chi connectivity index (χ0n) is 7.49. The van der Waals surface area contributed by atoms with Gasteiger partial charge in [0.15, 0.2) is 0 Å². The van der Waals surface area contributed by atoms with E-state index in [1.165, 1.54) is 12.1 Å². The number of anilines is 1. The molecule has 0 saturated heterocycles. The normalized spacial score (nSPS) is 9.86. The maximum Gasteiger partial charge on any atom is 0.291 e. The molecule has 0 aliphatic carbocycles. The van der Waals surface area contributed by atoms with Crippen LogP contribution in [-0.2, 0) is 0 Å². The second-order valence-electron chi connectivity index (χ2n) is 2.53. The van der Waals surface area contributed by atoms with Crippen LogP contribution in [0.4, 0.5) is 11.4 Å². The van der Waals surface area contributed by atoms with Crippen LogP contribution in [-0.4, -0.2) is 11.5 Å². The van der Waals surface area contributed by atoms with Crippen LogP contribution < -0.4 is 10.5 Å². The molecular weight excluding hydrogens is 208 g/mol. The number of nitro groups is 1. The molecule has 0 aromatic heterocycles. The van der Waals surface area contributed by atoms with Crippen molar-refractivity contribution in [2.75, 3.05) is 12.3 Å². The van der Waals surface area contributed by atoms with Gasteiger partial charge in [-0.05, 0) is 13.0 Å². The number of nitrogen functional groups attached to an aromatic ring is 1. The number of rotatable bonds is 3. The number of benzene rings is 1. The van der Waals surface area contributed by atoms with Crippen LogP contribution in [0.1, 0.15) is 6.92 Å². The van der Waals surface area contributed by atoms with Crippen LogP contribution in [0.15, 0.2) is 12.1 Å². The largest absolute Gasteiger partial charge is 0.491 e. The fourth-order valence-corrected chi connectivity index (χ4v) is 1.22. The highest BCUT2D eigenvalue weighted by atomic mass is 35.5. The van der Waals surface area contributed by atoms with E-state index in [4.69, 9.17) is 22.1 Å². The third-order valence-corrected chi connectivity index (χ3v) is 1.88. The van der Waals surface area contributed by atoms with Crippen LogP contribution >= 0.6 is 11.6 Å². The molecule has 0 spiro atoms. The highest BCUT2D eigenvalue weighted by Crippen LogP contribution is 2.33. The zero-order valence-corrected chi connectivity index (χ0v) is 8.25. The lowest BCUT2D eigenvalue weighted by Crippen LogP contribution is -1.99. The lowest BCUT2D eigenvalue weighted by Gasteiger charge is -2.06. The Bertz CT molecular complexity index is 368. The summed E-state index contributed by atoms with van der Waals surface area (Å²) in [5.41, 5.74) is 5.63. The molecule has 0 fully saturated rings. The van der Waals surface area contributed by atoms with Gasteiger partial charge in [-0.1, -0.05) is 11.6 Å². The van der Waals surface area contributed by atoms with Crippen molar-refractivity contribution in [3.05, 3.63) is 27.3 Å². The highest BCUT2D eigenvalue weighted by Gasteiger charge is 2.16. The Balaban J connectivity index is 3.20. The van der Waals surface area contributed by atoms with E-state index in [-0.39, 0.29) is 16.5 Å². The summed E-state index contributed by atoms with van der Waals surface area (Å²) in [6.45, 7) is 2.16. The molecule has 14 heavy (non-hydrogen) atoms. The zero-order chi connectivity index (χ0) is 10.7. The first-order chi connectivity index (χ1) is 6.56. The van der Waals surface area contributed by atoms with E-state index in [1.807, 2.05) is 0 Å². The second-order valence-corrected chi connectivity index (χ2v) is 2.94. The molecule has 5 nitrogen and oxygen atoms in total. The standard InChI is InChI=1S/C8H9ClN2O3/c1-2-14-8-4-7(11(12)13)5(9)3-6(8)10/h3-4H,2,10H2,1H3. The minimum Gasteiger partial charge on any atom is -0.491 e. The molecule has 1 aromatic carbocycles. The van der Waals surface area contributed by atoms with Crippen molar-refractivity contribution >= 4 is 23.0 Å². The van der Waals surface area contributed by atoms with E-state index in [0.29, 0.717) is 12.3 Å². The fourth-order valence-electron chi connectivity index (χ4n) is 0.978. The smallest absolute Gasteiger partial charge is 0.291 e. The summed E-state index contributed by atoms with van der Waals surface area (Å²) in [6, 6.07) is 2.53. The summed E-state index contributed by atoms with van der Waals surface area (Å²) < 4.78 is 5.09. The molecule has 0 radical (unpaired) electrons. The van der Waals surface area contributed by atoms with Gasteiger partial charge in [-0.2, -0.15) is 0 Å². The summed E-state index contributed by atoms with van der Waals surface area (Å²) >= 11 is 5.62. The second kappa shape index (κ2) is 4.15. The summed E-state index contributed by atoms with van der Waals surface area (Å²) in [5.74, 6) is 0.281. The summed E-state index contributed by atoms with van der Waals surface area (Å²) in [6.07, 6.45) is 0. The van der Waals surface area contributed by atoms with E-state index >= 15 is 0 Å². The molecule has 0 aliphatic rings. The van der Waals surface area contributed by atoms with Crippen LogP contribution in [0.25, 0.3) is 0 Å². The molecule has 76 valence electrons. The number of nitro benzene ring substituents is 1. The molecular formula is C8H9ClN2O3. The Labute approximate surface area is 85.6 Å². The predicted molar refractivity (Wildman–Crippen MR) is 53.7 cm³/mol. The number of hydrogen-bond donors (Lipinski definition) is 1. The third kappa shape index (κ3) is 2.05. The van der Waals surface area contributed by atoms with E-state index in [0.717, 1.165) is 0 Å². The molecule has 0 bridgehead atoms. The molecule has 0 aliphatic heterocycles. The summed E-state index contributed by atoms with van der Waals surface area (Å²) in [7, 11) is 0. The van der Waals surface area contributed by atoms with Gasteiger partial charge in [-0.25, -0.2) is 0 Å². The number of ether oxygens (including phenoxy) is 1. The lowest BCUT2D eigenvalue weighted by molar-refractivity contribution is -0.384. The SMILES string of the molecule is CCOc1cc([N+](=O)[O-])c(Cl)cc1N. The summed E-state index contributed by atoms with van der Waals surface area (Å²) in [4.78, 5) is 9.94. The average molecular weight is 217 g/mol. The van der Waals surface area contributed by atoms with E-state index < -0.39 is 4.92 Å². The van der Waals surface area contributed by atoms with Crippen LogP contribution in [0.5, 0.6) is 5.75 Å². The minimum absolute atomic E-state index is 0.0101. The molecule has 0 heterocycles. The van der Waals surface area contributed by atoms with E-state index in [1.54, 1.807) is 6.92 Å². The van der Waals surface area contributed by atoms with Crippen molar-refractivity contribution in [3.63, 3.8) is 0 Å². The quantitative estimate of drug-likeness (QED) is 0.477. The Morgan fingerprint density at radius 3 is 2.79 bits per heavy atom. The van der Waals surface area contributed by atoms with Gasteiger partial charge in [0.2, 0.25) is 0 Å². The fraction of sp³-hybridized carbons (Fsp3) is 0.250. The van der Waals surface area contributed by atoms with Gasteiger partial charge in [-0.15, -0.1) is 0 Å². The predicted octanol–water partition coefficient (Wildman–Crippen LogP) is 2.23. The monoisotopic (exact) mass is 216 g/mol. The molecule has 6 heteroatoms. The highest BCUT2D eigenvalue weighted by molar-refractivity contribution is 6.33. The van der Waals surface area contributed by atoms with Crippen LogP contribution in [0.2, 0.25) is 5.02 Å². The van der Waals surface area contributed by atoms with Crippen molar-refractivity contribution in [2.45, 2.75) is 6.92 Å². The van der Waals surface area contributed by atoms with E-state index in [2.05, 4.69) is 0 Å². The molecule has 2 N–H and O–H groups in total. The van der Waals surface area contributed by atoms with Crippen molar-refractivity contribution in [1.29, 1.82) is 0 Å². The first-order valence-electron chi connectivity index (χ1n) is 3.92. The molecule has 1 aromatic rings. The Kier molecular flexibility index (Phi) is 3.14. The van der Waals surface area contributed by atoms with Gasteiger partial charge in [-0.3, -0.25) is 10.1 Å². The van der Waals surface area contributed by atoms with Crippen molar-refractivity contribution in [1.82, 2.24) is 0 Å². The number of nitrogens with zero attached hydrogens (tertiary/aromatic N) is 1. The Morgan fingerprint density at radius 2 is 2.29 bits per heavy atom. The molecule has 0 unspecified atom stereocenters. The van der Waals surface area contributed by atoms with Gasteiger partial charge in [0.1, 0.15) is 10.8 Å². The first-order valence-corrected chi connectivity index (χ1v) is 4.30. The van der Waals surface area contributed by atoms with E-state index in [9.17, 15) is 10.1 Å². The van der Waals surface area contributed by atoms with Gasteiger partial charge in [0.05, 0.1) is 23.3 Å². The molecule has 0 amide bonds. The number of halogens is 1. The van der Waals surface area contributed by atoms with Gasteiger partial charge in [0.25, 0.3) is 5.69 Å². The first kappa shape index (κ1) is 10.6. The van der Waals surface area contributed by atoms with Gasteiger partial charge in [0, 0.05) is 0 Å².